The molecule has 4 amide bonds. The summed E-state index contributed by atoms with van der Waals surface area (Å²) < 4.78 is 5.69. The van der Waals surface area contributed by atoms with Crippen molar-refractivity contribution in [2.45, 2.75) is 51.3 Å². The third-order valence-electron chi connectivity index (χ3n) is 6.95. The van der Waals surface area contributed by atoms with E-state index in [4.69, 9.17) is 10.5 Å². The molecule has 0 saturated carbocycles. The molecule has 3 aromatic carbocycles. The zero-order chi connectivity index (χ0) is 31.3. The van der Waals surface area contributed by atoms with Crippen LogP contribution in [-0.4, -0.2) is 51.4 Å². The van der Waals surface area contributed by atoms with Gasteiger partial charge in [-0.2, -0.15) is 0 Å². The summed E-state index contributed by atoms with van der Waals surface area (Å²) in [7, 11) is 0. The molecule has 4 rings (SSSR count). The van der Waals surface area contributed by atoms with Crippen LogP contribution in [0.4, 0.5) is 16.2 Å². The minimum atomic E-state index is -1.33. The molecule has 3 aromatic rings. The van der Waals surface area contributed by atoms with E-state index in [1.165, 1.54) is 23.1 Å². The van der Waals surface area contributed by atoms with E-state index < -0.39 is 53.9 Å². The number of carbonyl (C=O) groups is 5. The number of likely N-dealkylation sites (tertiary alicyclic amines) is 1. The molecule has 0 radical (unpaired) electrons. The summed E-state index contributed by atoms with van der Waals surface area (Å²) in [6, 6.07) is 19.0. The molecule has 224 valence electrons. The molecule has 43 heavy (non-hydrogen) atoms. The largest absolute Gasteiger partial charge is 0.478 e. The number of para-hydroxylation sites is 2. The fourth-order valence-electron chi connectivity index (χ4n) is 5.28. The summed E-state index contributed by atoms with van der Waals surface area (Å²) in [5, 5.41) is 14.9. The van der Waals surface area contributed by atoms with Crippen LogP contribution in [0.2, 0.25) is 0 Å². The molecule has 1 fully saturated rings. The van der Waals surface area contributed by atoms with E-state index in [1.54, 1.807) is 75.4 Å². The number of rotatable bonds is 8. The monoisotopic (exact) mass is 586 g/mol. The second kappa shape index (κ2) is 12.8. The minimum Gasteiger partial charge on any atom is -0.478 e. The number of aromatic carboxylic acids is 1. The van der Waals surface area contributed by atoms with E-state index in [1.807, 2.05) is 6.07 Å². The Morgan fingerprint density at radius 1 is 0.907 bits per heavy atom. The van der Waals surface area contributed by atoms with Crippen LogP contribution >= 0.6 is 0 Å². The average molecular weight is 587 g/mol. The molecule has 1 aliphatic heterocycles. The molecule has 5 N–H and O–H groups in total. The number of carbonyl (C=O) groups excluding carboxylic acids is 4. The Kier molecular flexibility index (Phi) is 9.13. The zero-order valence-electron chi connectivity index (χ0n) is 24.1. The number of nitrogens with two attached hydrogens (primary N) is 1. The van der Waals surface area contributed by atoms with E-state index in [0.717, 1.165) is 0 Å². The van der Waals surface area contributed by atoms with Crippen molar-refractivity contribution in [3.05, 3.63) is 95.6 Å². The topological polar surface area (TPSA) is 168 Å². The number of hydrogen-bond acceptors (Lipinski definition) is 6. The predicted molar refractivity (Wildman–Crippen MR) is 159 cm³/mol. The number of anilines is 2. The van der Waals surface area contributed by atoms with Gasteiger partial charge in [0.25, 0.3) is 0 Å². The number of carboxylic acids is 1. The van der Waals surface area contributed by atoms with Crippen LogP contribution in [0.3, 0.4) is 0 Å². The lowest BCUT2D eigenvalue weighted by molar-refractivity contribution is -0.164. The van der Waals surface area contributed by atoms with Crippen molar-refractivity contribution in [2.75, 3.05) is 10.6 Å². The first-order valence-corrected chi connectivity index (χ1v) is 13.7. The highest BCUT2D eigenvalue weighted by Gasteiger charge is 2.51. The van der Waals surface area contributed by atoms with Crippen molar-refractivity contribution >= 4 is 41.2 Å². The Balaban J connectivity index is 1.79. The van der Waals surface area contributed by atoms with Crippen molar-refractivity contribution in [1.29, 1.82) is 0 Å². The molecule has 1 heterocycles. The van der Waals surface area contributed by atoms with Gasteiger partial charge in [-0.3, -0.25) is 9.59 Å². The van der Waals surface area contributed by atoms with E-state index in [0.29, 0.717) is 11.3 Å². The molecule has 0 aromatic heterocycles. The number of amides is 4. The lowest BCUT2D eigenvalue weighted by Gasteiger charge is -2.32. The third-order valence-corrected chi connectivity index (χ3v) is 6.95. The number of ether oxygens (including phenoxy) is 1. The van der Waals surface area contributed by atoms with Crippen molar-refractivity contribution < 1.29 is 33.8 Å². The zero-order valence-corrected chi connectivity index (χ0v) is 24.1. The molecule has 11 nitrogen and oxygen atoms in total. The molecular weight excluding hydrogens is 552 g/mol. The summed E-state index contributed by atoms with van der Waals surface area (Å²) in [6.07, 6.45) is -0.410. The van der Waals surface area contributed by atoms with Crippen LogP contribution in [0, 0.1) is 5.92 Å². The predicted octanol–water partition coefficient (Wildman–Crippen LogP) is 4.36. The van der Waals surface area contributed by atoms with Gasteiger partial charge < -0.3 is 31.1 Å². The van der Waals surface area contributed by atoms with Gasteiger partial charge in [-0.15, -0.1) is 0 Å². The molecule has 0 aliphatic carbocycles. The Morgan fingerprint density at radius 2 is 1.53 bits per heavy atom. The highest BCUT2D eigenvalue weighted by atomic mass is 16.6. The molecule has 3 unspecified atom stereocenters. The summed E-state index contributed by atoms with van der Waals surface area (Å²) in [5.41, 5.74) is 5.42. The van der Waals surface area contributed by atoms with Crippen molar-refractivity contribution in [1.82, 2.24) is 4.90 Å². The summed E-state index contributed by atoms with van der Waals surface area (Å²) in [6.45, 7) is 5.12. The molecule has 0 spiro atoms. The highest BCUT2D eigenvalue weighted by Crippen LogP contribution is 2.43. The molecule has 1 saturated heterocycles. The van der Waals surface area contributed by atoms with Gasteiger partial charge >= 0.3 is 18.0 Å². The number of benzene rings is 3. The van der Waals surface area contributed by atoms with Gasteiger partial charge in [0.1, 0.15) is 11.6 Å². The number of hydrogen-bond donors (Lipinski definition) is 4. The fraction of sp³-hybridized carbons (Fsp3) is 0.281. The first-order valence-electron chi connectivity index (χ1n) is 13.7. The number of primary amides is 1. The van der Waals surface area contributed by atoms with Crippen LogP contribution in [0.15, 0.2) is 78.9 Å². The second-order valence-corrected chi connectivity index (χ2v) is 11.2. The third kappa shape index (κ3) is 7.37. The maximum Gasteiger partial charge on any atom is 0.337 e. The minimum absolute atomic E-state index is 0.0135. The first kappa shape index (κ1) is 30.8. The maximum absolute atomic E-state index is 14.2. The summed E-state index contributed by atoms with van der Waals surface area (Å²) in [4.78, 5) is 66.5. The fourth-order valence-corrected chi connectivity index (χ4v) is 5.28. The number of nitrogens with one attached hydrogen (secondary N) is 2. The van der Waals surface area contributed by atoms with Gasteiger partial charge in [0.15, 0.2) is 0 Å². The van der Waals surface area contributed by atoms with E-state index in [2.05, 4.69) is 10.6 Å². The Bertz CT molecular complexity index is 1520. The lowest BCUT2D eigenvalue weighted by Crippen LogP contribution is -2.45. The van der Waals surface area contributed by atoms with E-state index >= 15 is 0 Å². The smallest absolute Gasteiger partial charge is 0.337 e. The Morgan fingerprint density at radius 3 is 2.12 bits per heavy atom. The van der Waals surface area contributed by atoms with Gasteiger partial charge in [0, 0.05) is 5.69 Å². The Labute approximate surface area is 249 Å². The molecular formula is C32H34N4O7. The van der Waals surface area contributed by atoms with Gasteiger partial charge in [-0.1, -0.05) is 60.7 Å². The highest BCUT2D eigenvalue weighted by molar-refractivity contribution is 6.02. The lowest BCUT2D eigenvalue weighted by atomic mass is 9.92. The quantitative estimate of drug-likeness (QED) is 0.284. The van der Waals surface area contributed by atoms with Crippen LogP contribution < -0.4 is 16.4 Å². The van der Waals surface area contributed by atoms with Crippen LogP contribution in [0.1, 0.15) is 54.7 Å². The van der Waals surface area contributed by atoms with E-state index in [9.17, 15) is 29.1 Å². The number of nitrogens with zero attached hydrogens (tertiary/aromatic N) is 1. The summed E-state index contributed by atoms with van der Waals surface area (Å²) in [5.74, 6) is -3.79. The number of urea groups is 1. The molecule has 1 aliphatic rings. The number of carboxylic acid groups (broad SMARTS) is 1. The van der Waals surface area contributed by atoms with Gasteiger partial charge in [0.2, 0.25) is 11.8 Å². The van der Waals surface area contributed by atoms with Crippen molar-refractivity contribution in [3.63, 3.8) is 0 Å². The van der Waals surface area contributed by atoms with Gasteiger partial charge in [-0.05, 0) is 56.5 Å². The van der Waals surface area contributed by atoms with Crippen LogP contribution in [-0.2, 0) is 25.5 Å². The SMILES string of the molecule is CC(C)(C)OC(=O)C1CC(C(=O)Nc2ccccc2)C(c2ccccc2)N1C(=O)Cc1cccc(C(=O)O)c1NC(N)=O. The first-order chi connectivity index (χ1) is 20.4. The normalized spacial score (nSPS) is 18.0. The molecule has 3 atom stereocenters. The van der Waals surface area contributed by atoms with Crippen LogP contribution in [0.25, 0.3) is 0 Å². The van der Waals surface area contributed by atoms with Gasteiger partial charge in [0.05, 0.1) is 29.6 Å². The van der Waals surface area contributed by atoms with E-state index in [-0.39, 0.29) is 29.1 Å². The number of esters is 1. The maximum atomic E-state index is 14.2. The van der Waals surface area contributed by atoms with Crippen molar-refractivity contribution in [3.8, 4) is 0 Å². The second-order valence-electron chi connectivity index (χ2n) is 11.2. The average Bonchev–Trinajstić information content (AvgIpc) is 3.35. The van der Waals surface area contributed by atoms with Crippen LogP contribution in [0.5, 0.6) is 0 Å². The Hall–Kier alpha value is -5.19. The van der Waals surface area contributed by atoms with Gasteiger partial charge in [-0.25, -0.2) is 14.4 Å². The van der Waals surface area contributed by atoms with Crippen molar-refractivity contribution in [2.24, 2.45) is 11.7 Å². The molecule has 11 heteroatoms. The summed E-state index contributed by atoms with van der Waals surface area (Å²) >= 11 is 0. The molecule has 0 bridgehead atoms. The standard InChI is InChI=1S/C32H34N4O7/c1-32(2,3)43-30(41)24-18-23(28(38)34-21-14-8-5-9-15-21)27(19-11-6-4-7-12-19)36(24)25(37)17-20-13-10-16-22(29(39)40)26(20)35-31(33)42/h4-16,23-24,27H,17-18H2,1-3H3,(H,34,38)(H,39,40)(H3,33,35,42).